The van der Waals surface area contributed by atoms with Crippen molar-refractivity contribution in [3.05, 3.63) is 40.2 Å². The van der Waals surface area contributed by atoms with Crippen LogP contribution in [0.3, 0.4) is 0 Å². The lowest BCUT2D eigenvalue weighted by atomic mass is 9.54. The van der Waals surface area contributed by atoms with Crippen LogP contribution in [0.5, 0.6) is 5.75 Å². The van der Waals surface area contributed by atoms with Gasteiger partial charge in [0.25, 0.3) is 5.91 Å². The van der Waals surface area contributed by atoms with Crippen molar-refractivity contribution < 1.29 is 44.7 Å². The van der Waals surface area contributed by atoms with Gasteiger partial charge in [-0.05, 0) is 59.6 Å². The largest absolute Gasteiger partial charge is 0.508 e. The Kier molecular flexibility index (Phi) is 7.11. The van der Waals surface area contributed by atoms with Gasteiger partial charge >= 0.3 is 0 Å². The number of hydrogen-bond acceptors (Lipinski definition) is 11. The first-order valence-corrected chi connectivity index (χ1v) is 13.0. The zero-order valence-electron chi connectivity index (χ0n) is 23.9. The zero-order valence-corrected chi connectivity index (χ0v) is 23.9. The maximum atomic E-state index is 14.0. The fraction of sp³-hybridized carbons (Fsp3) is 0.500. The number of phenols is 1. The fourth-order valence-corrected chi connectivity index (χ4v) is 6.20. The number of ketones is 2. The average molecular weight is 573 g/mol. The highest BCUT2D eigenvalue weighted by Crippen LogP contribution is 2.56. The number of aliphatic hydroxyl groups excluding tert-OH is 3. The summed E-state index contributed by atoms with van der Waals surface area (Å²) < 4.78 is 0. The molecule has 0 heterocycles. The van der Waals surface area contributed by atoms with Gasteiger partial charge < -0.3 is 36.6 Å². The molecule has 0 saturated heterocycles. The average Bonchev–Trinajstić information content (AvgIpc) is 2.86. The number of aliphatic hydroxyl groups is 4. The molecule has 0 radical (unpaired) electrons. The number of nitrogens with two attached hydrogens (primary N) is 1. The molecular formula is C28H36N4O9. The molecule has 6 atom stereocenters. The number of benzene rings is 1. The maximum absolute atomic E-state index is 14.0. The third-order valence-electron chi connectivity index (χ3n) is 9.05. The number of anilines is 1. The van der Waals surface area contributed by atoms with Crippen LogP contribution in [-0.2, 0) is 19.2 Å². The number of rotatable bonds is 5. The van der Waals surface area contributed by atoms with Gasteiger partial charge in [-0.1, -0.05) is 13.0 Å². The lowest BCUT2D eigenvalue weighted by molar-refractivity contribution is -0.169. The molecule has 0 aliphatic heterocycles. The van der Waals surface area contributed by atoms with Gasteiger partial charge in [-0.25, -0.2) is 0 Å². The van der Waals surface area contributed by atoms with E-state index in [-0.39, 0.29) is 11.3 Å². The Morgan fingerprint density at radius 3 is 2.17 bits per heavy atom. The van der Waals surface area contributed by atoms with Crippen molar-refractivity contribution >= 4 is 34.8 Å². The van der Waals surface area contributed by atoms with Gasteiger partial charge in [-0.3, -0.25) is 29.0 Å². The summed E-state index contributed by atoms with van der Waals surface area (Å²) >= 11 is 0. The standard InChI is InChI=1S/C28H36N4O9/c1-10-11-8-9-12(30-26(40)27(2,3)32(6)7)19(33)14(11)20(34)15-13(10)21(35)17-18(31(4)5)22(36)16(25(29)39)24(38)28(17,41)23(15)37/h8-10,13,17-18,21,33-35,38,41H,1-7H3,(H2,29,39)(H,30,40)/t10?,13?,17?,18-,21?,28?/m0/s1. The van der Waals surface area contributed by atoms with E-state index in [1.54, 1.807) is 39.8 Å². The number of phenolic OH excluding ortho intramolecular Hbond substituents is 1. The third kappa shape index (κ3) is 3.98. The van der Waals surface area contributed by atoms with Crippen molar-refractivity contribution in [2.75, 3.05) is 33.5 Å². The first-order valence-electron chi connectivity index (χ1n) is 13.0. The van der Waals surface area contributed by atoms with Crippen molar-refractivity contribution in [3.8, 4) is 5.75 Å². The molecule has 0 aromatic heterocycles. The van der Waals surface area contributed by atoms with Crippen molar-refractivity contribution in [2.45, 2.75) is 50.0 Å². The number of amides is 2. The molecule has 1 fully saturated rings. The highest BCUT2D eigenvalue weighted by Gasteiger charge is 2.68. The summed E-state index contributed by atoms with van der Waals surface area (Å²) in [5.74, 6) is -10.3. The van der Waals surface area contributed by atoms with Crippen LogP contribution in [0.4, 0.5) is 5.69 Å². The van der Waals surface area contributed by atoms with E-state index >= 15 is 0 Å². The van der Waals surface area contributed by atoms with Crippen LogP contribution in [0, 0.1) is 11.8 Å². The van der Waals surface area contributed by atoms with Crippen molar-refractivity contribution in [3.63, 3.8) is 0 Å². The Morgan fingerprint density at radius 2 is 1.66 bits per heavy atom. The van der Waals surface area contributed by atoms with Crippen LogP contribution < -0.4 is 11.1 Å². The molecular weight excluding hydrogens is 536 g/mol. The minimum atomic E-state index is -3.00. The summed E-state index contributed by atoms with van der Waals surface area (Å²) in [6.07, 6.45) is -1.69. The predicted molar refractivity (Wildman–Crippen MR) is 147 cm³/mol. The normalized spacial score (nSPS) is 29.9. The predicted octanol–water partition coefficient (Wildman–Crippen LogP) is -0.225. The molecule has 1 aromatic carbocycles. The van der Waals surface area contributed by atoms with E-state index in [0.29, 0.717) is 5.56 Å². The van der Waals surface area contributed by atoms with Gasteiger partial charge in [-0.2, -0.15) is 0 Å². The number of carbonyl (C=O) groups is 4. The van der Waals surface area contributed by atoms with E-state index in [1.807, 2.05) is 0 Å². The second-order valence-corrected chi connectivity index (χ2v) is 11.9. The second-order valence-electron chi connectivity index (χ2n) is 11.9. The molecule has 1 aromatic rings. The number of hydrogen-bond donors (Lipinski definition) is 7. The molecule has 0 spiro atoms. The highest BCUT2D eigenvalue weighted by molar-refractivity contribution is 6.24. The summed E-state index contributed by atoms with van der Waals surface area (Å²) in [5, 5.41) is 59.6. The number of Topliss-reactive ketones (excluding diaryl/α,β-unsaturated/α-hetero) is 2. The Bertz CT molecular complexity index is 1440. The van der Waals surface area contributed by atoms with E-state index < -0.39 is 92.8 Å². The Hall–Kier alpha value is -3.78. The first-order chi connectivity index (χ1) is 18.8. The smallest absolute Gasteiger partial charge is 0.255 e. The molecule has 41 heavy (non-hydrogen) atoms. The molecule has 3 aliphatic rings. The summed E-state index contributed by atoms with van der Waals surface area (Å²) in [6.45, 7) is 4.96. The number of carbonyl (C=O) groups excluding carboxylic acids is 4. The van der Waals surface area contributed by atoms with Gasteiger partial charge in [-0.15, -0.1) is 0 Å². The van der Waals surface area contributed by atoms with Gasteiger partial charge in [0, 0.05) is 11.5 Å². The van der Waals surface area contributed by atoms with Crippen LogP contribution in [0.1, 0.15) is 37.8 Å². The molecule has 13 nitrogen and oxygen atoms in total. The minimum Gasteiger partial charge on any atom is -0.508 e. The van der Waals surface area contributed by atoms with Gasteiger partial charge in [0.2, 0.25) is 11.7 Å². The molecule has 1 saturated carbocycles. The molecule has 8 N–H and O–H groups in total. The molecule has 0 bridgehead atoms. The molecule has 5 unspecified atom stereocenters. The fourth-order valence-electron chi connectivity index (χ4n) is 6.20. The maximum Gasteiger partial charge on any atom is 0.255 e. The van der Waals surface area contributed by atoms with E-state index in [0.717, 1.165) is 0 Å². The van der Waals surface area contributed by atoms with Gasteiger partial charge in [0.15, 0.2) is 11.4 Å². The number of fused-ring (bicyclic) bond motifs is 3. The van der Waals surface area contributed by atoms with Crippen molar-refractivity contribution in [1.82, 2.24) is 9.80 Å². The lowest BCUT2D eigenvalue weighted by Crippen LogP contribution is -2.70. The van der Waals surface area contributed by atoms with E-state index in [4.69, 9.17) is 5.73 Å². The molecule has 3 aliphatic carbocycles. The summed E-state index contributed by atoms with van der Waals surface area (Å²) in [4.78, 5) is 55.3. The van der Waals surface area contributed by atoms with E-state index in [9.17, 15) is 44.7 Å². The van der Waals surface area contributed by atoms with Gasteiger partial charge in [0.1, 0.15) is 22.8 Å². The van der Waals surface area contributed by atoms with Crippen LogP contribution in [0.15, 0.2) is 29.0 Å². The van der Waals surface area contributed by atoms with Crippen LogP contribution >= 0.6 is 0 Å². The quantitative estimate of drug-likeness (QED) is 0.181. The summed E-state index contributed by atoms with van der Waals surface area (Å²) in [6, 6.07) is 1.53. The second kappa shape index (κ2) is 9.65. The number of aromatic hydroxyl groups is 1. The summed E-state index contributed by atoms with van der Waals surface area (Å²) in [5.41, 5.74) is -0.0788. The van der Waals surface area contributed by atoms with Crippen LogP contribution in [0.2, 0.25) is 0 Å². The highest BCUT2D eigenvalue weighted by atomic mass is 16.4. The molecule has 222 valence electrons. The molecule has 13 heteroatoms. The number of likely N-dealkylation sites (N-methyl/N-ethyl adjacent to an activating group) is 2. The van der Waals surface area contributed by atoms with E-state index in [2.05, 4.69) is 5.32 Å². The Morgan fingerprint density at radius 1 is 1.07 bits per heavy atom. The van der Waals surface area contributed by atoms with Crippen molar-refractivity contribution in [2.24, 2.45) is 17.6 Å². The van der Waals surface area contributed by atoms with Crippen molar-refractivity contribution in [1.29, 1.82) is 0 Å². The number of nitrogens with zero attached hydrogens (tertiary/aromatic N) is 2. The third-order valence-corrected chi connectivity index (χ3v) is 9.05. The SMILES string of the molecule is CC1c2ccc(NC(=O)C(C)(C)N(C)C)c(O)c2C(O)=C2C(=O)C3(O)C(O)=C(C(N)=O)C(=O)[C@@H](N(C)C)C3C(O)C21. The summed E-state index contributed by atoms with van der Waals surface area (Å²) in [7, 11) is 6.29. The van der Waals surface area contributed by atoms with Gasteiger partial charge in [0.05, 0.1) is 34.9 Å². The van der Waals surface area contributed by atoms with Crippen LogP contribution in [-0.4, -0.2) is 110 Å². The number of primary amides is 1. The van der Waals surface area contributed by atoms with E-state index in [1.165, 1.54) is 31.1 Å². The Balaban J connectivity index is 1.95. The molecule has 2 amide bonds. The topological polar surface area (TPSA) is 214 Å². The first kappa shape index (κ1) is 30.2. The number of nitrogens with one attached hydrogen (secondary N) is 1. The lowest BCUT2D eigenvalue weighted by Gasteiger charge is -2.53. The zero-order chi connectivity index (χ0) is 31.1. The molecule has 4 rings (SSSR count). The minimum absolute atomic E-state index is 0.0587. The monoisotopic (exact) mass is 572 g/mol. The Labute approximate surface area is 236 Å². The van der Waals surface area contributed by atoms with Crippen LogP contribution in [0.25, 0.3) is 5.76 Å².